The molecule has 1 aliphatic carbocycles. The van der Waals surface area contributed by atoms with Crippen molar-refractivity contribution in [3.05, 3.63) is 48.3 Å². The first kappa shape index (κ1) is 17.5. The number of ether oxygens (including phenoxy) is 1. The van der Waals surface area contributed by atoms with Gasteiger partial charge in [0.1, 0.15) is 18.0 Å². The predicted octanol–water partition coefficient (Wildman–Crippen LogP) is 2.16. The van der Waals surface area contributed by atoms with Crippen LogP contribution in [0.25, 0.3) is 0 Å². The number of carbonyl (C=O) groups excluding carboxylic acids is 1. The molecule has 1 aromatic heterocycles. The summed E-state index contributed by atoms with van der Waals surface area (Å²) in [6, 6.07) is 9.31. The number of carbonyl (C=O) groups is 1. The van der Waals surface area contributed by atoms with Crippen molar-refractivity contribution >= 4 is 5.91 Å². The molecule has 1 amide bonds. The van der Waals surface area contributed by atoms with Crippen LogP contribution in [0.5, 0.6) is 5.75 Å². The molecule has 1 saturated carbocycles. The maximum absolute atomic E-state index is 12.4. The zero-order valence-corrected chi connectivity index (χ0v) is 14.5. The summed E-state index contributed by atoms with van der Waals surface area (Å²) in [5.41, 5.74) is 1.10. The number of para-hydroxylation sites is 1. The van der Waals surface area contributed by atoms with E-state index in [0.29, 0.717) is 6.42 Å². The Morgan fingerprint density at radius 1 is 1.36 bits per heavy atom. The number of H-pyrrole nitrogens is 1. The minimum absolute atomic E-state index is 0.0629. The highest BCUT2D eigenvalue weighted by Gasteiger charge is 2.39. The largest absolute Gasteiger partial charge is 0.488 e. The van der Waals surface area contributed by atoms with Crippen LogP contribution in [-0.4, -0.2) is 51.4 Å². The van der Waals surface area contributed by atoms with E-state index in [1.54, 1.807) is 18.1 Å². The number of hydrogen-bond donors (Lipinski definition) is 2. The summed E-state index contributed by atoms with van der Waals surface area (Å²) in [6.45, 7) is 0. The van der Waals surface area contributed by atoms with E-state index in [4.69, 9.17) is 4.74 Å². The van der Waals surface area contributed by atoms with E-state index >= 15 is 0 Å². The molecule has 3 rings (SSSR count). The van der Waals surface area contributed by atoms with E-state index in [0.717, 1.165) is 37.0 Å². The number of benzene rings is 1. The number of aryl methyl sites for hydroxylation is 1. The summed E-state index contributed by atoms with van der Waals surface area (Å²) < 4.78 is 5.88. The smallest absolute Gasteiger partial charge is 0.222 e. The highest BCUT2D eigenvalue weighted by atomic mass is 16.5. The minimum Gasteiger partial charge on any atom is -0.488 e. The van der Waals surface area contributed by atoms with Crippen molar-refractivity contribution in [2.45, 2.75) is 50.4 Å². The molecule has 25 heavy (non-hydrogen) atoms. The Balaban J connectivity index is 1.48. The number of aliphatic hydroxyl groups is 1. The molecule has 1 aromatic carbocycles. The Kier molecular flexibility index (Phi) is 5.71. The summed E-state index contributed by atoms with van der Waals surface area (Å²) in [6.07, 6.45) is 6.25. The average Bonchev–Trinajstić information content (AvgIpc) is 3.26. The third kappa shape index (κ3) is 4.39. The van der Waals surface area contributed by atoms with Gasteiger partial charge in [-0.3, -0.25) is 9.89 Å². The first-order valence-corrected chi connectivity index (χ1v) is 8.78. The number of aliphatic hydroxyl groups excluding tert-OH is 1. The molecule has 6 heteroatoms. The fraction of sp³-hybridized carbons (Fsp3) is 0.474. The highest BCUT2D eigenvalue weighted by Crippen LogP contribution is 2.28. The summed E-state index contributed by atoms with van der Waals surface area (Å²) in [5.74, 6) is 0.814. The second-order valence-electron chi connectivity index (χ2n) is 6.57. The maximum atomic E-state index is 12.4. The first-order valence-electron chi connectivity index (χ1n) is 8.78. The van der Waals surface area contributed by atoms with Crippen LogP contribution in [0.15, 0.2) is 42.7 Å². The van der Waals surface area contributed by atoms with Crippen LogP contribution in [-0.2, 0) is 11.2 Å². The van der Waals surface area contributed by atoms with Crippen molar-refractivity contribution in [1.29, 1.82) is 0 Å². The van der Waals surface area contributed by atoms with Crippen molar-refractivity contribution in [3.8, 4) is 5.75 Å². The van der Waals surface area contributed by atoms with E-state index in [1.807, 2.05) is 36.5 Å². The van der Waals surface area contributed by atoms with Gasteiger partial charge in [-0.25, -0.2) is 0 Å². The van der Waals surface area contributed by atoms with Crippen molar-refractivity contribution in [2.24, 2.45) is 0 Å². The standard InChI is InChI=1S/C19H25N3O3/c1-22(18(23)9-5-6-14-12-20-21-13-14)16-10-11-17(19(16)24)25-15-7-3-2-4-8-15/h2-4,7-8,12-13,16-17,19,24H,5-6,9-11H2,1H3,(H,20,21)/t16-,17+,19+/m1/s1. The molecule has 0 spiro atoms. The van der Waals surface area contributed by atoms with Crippen LogP contribution in [0.4, 0.5) is 0 Å². The van der Waals surface area contributed by atoms with Crippen molar-refractivity contribution < 1.29 is 14.6 Å². The Labute approximate surface area is 147 Å². The lowest BCUT2D eigenvalue weighted by Gasteiger charge is -2.29. The first-order chi connectivity index (χ1) is 12.1. The Hall–Kier alpha value is -2.34. The quantitative estimate of drug-likeness (QED) is 0.807. The van der Waals surface area contributed by atoms with E-state index in [2.05, 4.69) is 10.2 Å². The number of amides is 1. The average molecular weight is 343 g/mol. The maximum Gasteiger partial charge on any atom is 0.222 e. The molecule has 0 unspecified atom stereocenters. The Bertz CT molecular complexity index is 660. The second kappa shape index (κ2) is 8.16. The van der Waals surface area contributed by atoms with E-state index in [1.165, 1.54) is 0 Å². The number of aromatic amines is 1. The fourth-order valence-electron chi connectivity index (χ4n) is 3.37. The number of rotatable bonds is 7. The van der Waals surface area contributed by atoms with Gasteiger partial charge >= 0.3 is 0 Å². The zero-order valence-electron chi connectivity index (χ0n) is 14.5. The van der Waals surface area contributed by atoms with Gasteiger partial charge < -0.3 is 14.7 Å². The molecule has 0 bridgehead atoms. The van der Waals surface area contributed by atoms with E-state index in [-0.39, 0.29) is 18.1 Å². The molecule has 2 aromatic rings. The molecule has 2 N–H and O–H groups in total. The van der Waals surface area contributed by atoms with Crippen LogP contribution in [0.1, 0.15) is 31.2 Å². The fourth-order valence-corrected chi connectivity index (χ4v) is 3.37. The normalized spacial score (nSPS) is 22.7. The molecular weight excluding hydrogens is 318 g/mol. The summed E-state index contributed by atoms with van der Waals surface area (Å²) in [4.78, 5) is 14.1. The Morgan fingerprint density at radius 2 is 2.16 bits per heavy atom. The van der Waals surface area contributed by atoms with Gasteiger partial charge in [0.15, 0.2) is 0 Å². The number of hydrogen-bond acceptors (Lipinski definition) is 4. The minimum atomic E-state index is -0.664. The van der Waals surface area contributed by atoms with Crippen LogP contribution in [0.2, 0.25) is 0 Å². The van der Waals surface area contributed by atoms with Gasteiger partial charge in [-0.15, -0.1) is 0 Å². The zero-order chi connectivity index (χ0) is 17.6. The van der Waals surface area contributed by atoms with Crippen LogP contribution >= 0.6 is 0 Å². The third-order valence-corrected chi connectivity index (χ3v) is 4.85. The predicted molar refractivity (Wildman–Crippen MR) is 94.2 cm³/mol. The lowest BCUT2D eigenvalue weighted by Crippen LogP contribution is -2.45. The molecule has 1 heterocycles. The summed E-state index contributed by atoms with van der Waals surface area (Å²) in [7, 11) is 1.78. The second-order valence-corrected chi connectivity index (χ2v) is 6.57. The van der Waals surface area contributed by atoms with Crippen LogP contribution in [0, 0.1) is 0 Å². The monoisotopic (exact) mass is 343 g/mol. The number of nitrogens with zero attached hydrogens (tertiary/aromatic N) is 2. The molecule has 0 aliphatic heterocycles. The van der Waals surface area contributed by atoms with Crippen LogP contribution < -0.4 is 4.74 Å². The lowest BCUT2D eigenvalue weighted by atomic mass is 10.1. The lowest BCUT2D eigenvalue weighted by molar-refractivity contribution is -0.134. The molecular formula is C19H25N3O3. The molecule has 0 radical (unpaired) electrons. The molecule has 134 valence electrons. The van der Waals surface area contributed by atoms with Crippen LogP contribution in [0.3, 0.4) is 0 Å². The van der Waals surface area contributed by atoms with Gasteiger partial charge in [0.05, 0.1) is 12.2 Å². The SMILES string of the molecule is CN(C(=O)CCCc1cn[nH]c1)[C@@H]1CC[C@H](Oc2ccccc2)[C@H]1O. The third-order valence-electron chi connectivity index (χ3n) is 4.85. The highest BCUT2D eigenvalue weighted by molar-refractivity contribution is 5.76. The topological polar surface area (TPSA) is 78.5 Å². The van der Waals surface area contributed by atoms with Crippen molar-refractivity contribution in [1.82, 2.24) is 15.1 Å². The van der Waals surface area contributed by atoms with Crippen molar-refractivity contribution in [2.75, 3.05) is 7.05 Å². The van der Waals surface area contributed by atoms with Gasteiger partial charge in [-0.1, -0.05) is 18.2 Å². The molecule has 3 atom stereocenters. The van der Waals surface area contributed by atoms with Gasteiger partial charge in [0.25, 0.3) is 0 Å². The van der Waals surface area contributed by atoms with E-state index in [9.17, 15) is 9.90 Å². The van der Waals surface area contributed by atoms with Gasteiger partial charge in [-0.05, 0) is 43.4 Å². The molecule has 6 nitrogen and oxygen atoms in total. The number of nitrogens with one attached hydrogen (secondary N) is 1. The summed E-state index contributed by atoms with van der Waals surface area (Å²) >= 11 is 0. The van der Waals surface area contributed by atoms with E-state index < -0.39 is 6.10 Å². The molecule has 1 aliphatic rings. The summed E-state index contributed by atoms with van der Waals surface area (Å²) in [5, 5.41) is 17.3. The Morgan fingerprint density at radius 3 is 2.88 bits per heavy atom. The number of likely N-dealkylation sites (N-methyl/N-ethyl adjacent to an activating group) is 1. The molecule has 0 saturated heterocycles. The van der Waals surface area contributed by atoms with Gasteiger partial charge in [0, 0.05) is 19.7 Å². The van der Waals surface area contributed by atoms with Gasteiger partial charge in [-0.2, -0.15) is 5.10 Å². The van der Waals surface area contributed by atoms with Crippen molar-refractivity contribution in [3.63, 3.8) is 0 Å². The number of aromatic nitrogens is 2. The van der Waals surface area contributed by atoms with Gasteiger partial charge in [0.2, 0.25) is 5.91 Å². The molecule has 1 fully saturated rings.